The smallest absolute Gasteiger partial charge is 0.213 e. The second kappa shape index (κ2) is 6.97. The Balaban J connectivity index is 2.29. The van der Waals surface area contributed by atoms with Gasteiger partial charge in [0.05, 0.1) is 5.75 Å². The Kier molecular flexibility index (Phi) is 6.26. The molecule has 0 spiro atoms. The zero-order chi connectivity index (χ0) is 12.9. The van der Waals surface area contributed by atoms with Crippen molar-refractivity contribution in [3.05, 3.63) is 0 Å². The van der Waals surface area contributed by atoms with Crippen LogP contribution in [0, 0.1) is 0 Å². The second-order valence-electron chi connectivity index (χ2n) is 4.91. The van der Waals surface area contributed by atoms with Crippen LogP contribution < -0.4 is 10.0 Å². The topological polar surface area (TPSA) is 58.2 Å². The van der Waals surface area contributed by atoms with E-state index in [0.29, 0.717) is 17.8 Å². The van der Waals surface area contributed by atoms with Crippen LogP contribution in [0.2, 0.25) is 0 Å². The molecular weight excluding hydrogens is 256 g/mol. The van der Waals surface area contributed by atoms with Crippen LogP contribution in [0.1, 0.15) is 33.1 Å². The van der Waals surface area contributed by atoms with Gasteiger partial charge in [-0.1, -0.05) is 13.8 Å². The summed E-state index contributed by atoms with van der Waals surface area (Å²) in [4.78, 5) is 0. The van der Waals surface area contributed by atoms with Crippen LogP contribution >= 0.6 is 11.8 Å². The van der Waals surface area contributed by atoms with Gasteiger partial charge in [0.25, 0.3) is 0 Å². The number of hydrogen-bond acceptors (Lipinski definition) is 4. The number of sulfonamides is 1. The number of nitrogens with one attached hydrogen (secondary N) is 2. The fraction of sp³-hybridized carbons (Fsp3) is 1.00. The predicted octanol–water partition coefficient (Wildman–Crippen LogP) is 1.19. The lowest BCUT2D eigenvalue weighted by atomic mass is 10.3. The molecule has 2 N–H and O–H groups in total. The molecule has 1 saturated carbocycles. The lowest BCUT2D eigenvalue weighted by molar-refractivity contribution is 0.544. The van der Waals surface area contributed by atoms with E-state index in [1.807, 2.05) is 25.6 Å². The largest absolute Gasteiger partial charge is 0.313 e. The van der Waals surface area contributed by atoms with E-state index in [2.05, 4.69) is 16.3 Å². The molecule has 0 saturated heterocycles. The van der Waals surface area contributed by atoms with E-state index in [4.69, 9.17) is 0 Å². The van der Waals surface area contributed by atoms with E-state index in [1.54, 1.807) is 0 Å². The molecule has 1 fully saturated rings. The van der Waals surface area contributed by atoms with Crippen LogP contribution in [-0.2, 0) is 10.0 Å². The molecule has 0 aromatic carbocycles. The average molecular weight is 280 g/mol. The highest BCUT2D eigenvalue weighted by Crippen LogP contribution is 2.28. The van der Waals surface area contributed by atoms with Gasteiger partial charge in [-0.2, -0.15) is 11.8 Å². The fourth-order valence-electron chi connectivity index (χ4n) is 2.06. The highest BCUT2D eigenvalue weighted by molar-refractivity contribution is 7.99. The van der Waals surface area contributed by atoms with Gasteiger partial charge < -0.3 is 5.32 Å². The molecule has 0 heterocycles. The van der Waals surface area contributed by atoms with Gasteiger partial charge in [0.2, 0.25) is 10.0 Å². The van der Waals surface area contributed by atoms with E-state index in [1.165, 1.54) is 0 Å². The molecule has 6 heteroatoms. The monoisotopic (exact) mass is 280 g/mol. The maximum Gasteiger partial charge on any atom is 0.213 e. The molecule has 4 nitrogen and oxygen atoms in total. The summed E-state index contributed by atoms with van der Waals surface area (Å²) in [7, 11) is -3.11. The minimum atomic E-state index is -3.11. The molecule has 0 aromatic heterocycles. The molecule has 1 aliphatic carbocycles. The van der Waals surface area contributed by atoms with Gasteiger partial charge >= 0.3 is 0 Å². The highest BCUT2D eigenvalue weighted by Gasteiger charge is 2.27. The van der Waals surface area contributed by atoms with Gasteiger partial charge in [-0.05, 0) is 25.5 Å². The van der Waals surface area contributed by atoms with E-state index in [9.17, 15) is 8.42 Å². The summed E-state index contributed by atoms with van der Waals surface area (Å²) in [6.07, 6.45) is 5.16. The first kappa shape index (κ1) is 15.3. The summed E-state index contributed by atoms with van der Waals surface area (Å²) >= 11 is 1.84. The zero-order valence-electron chi connectivity index (χ0n) is 10.9. The lowest BCUT2D eigenvalue weighted by Gasteiger charge is -2.14. The van der Waals surface area contributed by atoms with Gasteiger partial charge in [0.15, 0.2) is 0 Å². The first-order valence-corrected chi connectivity index (χ1v) is 9.13. The molecule has 0 aromatic rings. The van der Waals surface area contributed by atoms with Crippen molar-refractivity contribution in [2.75, 3.05) is 18.6 Å². The van der Waals surface area contributed by atoms with Crippen LogP contribution in [-0.4, -0.2) is 44.3 Å². The Morgan fingerprint density at radius 3 is 2.59 bits per heavy atom. The molecule has 1 rings (SSSR count). The van der Waals surface area contributed by atoms with Crippen molar-refractivity contribution >= 4 is 21.8 Å². The van der Waals surface area contributed by atoms with Gasteiger partial charge in [0, 0.05) is 23.9 Å². The third kappa shape index (κ3) is 6.08. The zero-order valence-corrected chi connectivity index (χ0v) is 12.5. The SMILES string of the molecule is CSC1CCC(NS(=O)(=O)CCNC(C)C)C1. The van der Waals surface area contributed by atoms with Crippen molar-refractivity contribution in [1.29, 1.82) is 0 Å². The summed E-state index contributed by atoms with van der Waals surface area (Å²) < 4.78 is 26.4. The predicted molar refractivity (Wildman–Crippen MR) is 75.0 cm³/mol. The minimum absolute atomic E-state index is 0.150. The van der Waals surface area contributed by atoms with Crippen molar-refractivity contribution in [1.82, 2.24) is 10.0 Å². The van der Waals surface area contributed by atoms with Gasteiger partial charge in [-0.25, -0.2) is 13.1 Å². The van der Waals surface area contributed by atoms with Crippen LogP contribution in [0.5, 0.6) is 0 Å². The molecule has 0 aliphatic heterocycles. The molecule has 0 amide bonds. The lowest BCUT2D eigenvalue weighted by Crippen LogP contribution is -2.38. The summed E-state index contributed by atoms with van der Waals surface area (Å²) in [5.74, 6) is 0.172. The number of rotatable bonds is 7. The molecular formula is C11H24N2O2S2. The molecule has 17 heavy (non-hydrogen) atoms. The van der Waals surface area contributed by atoms with Crippen molar-refractivity contribution in [2.24, 2.45) is 0 Å². The Bertz CT molecular complexity index is 317. The molecule has 0 radical (unpaired) electrons. The maximum atomic E-state index is 11.8. The third-order valence-corrected chi connectivity index (χ3v) is 5.52. The first-order valence-electron chi connectivity index (χ1n) is 6.19. The molecule has 2 atom stereocenters. The Morgan fingerprint density at radius 1 is 1.35 bits per heavy atom. The standard InChI is InChI=1S/C11H24N2O2S2/c1-9(2)12-6-7-17(14,15)13-10-4-5-11(8-10)16-3/h9-13H,4-8H2,1-3H3. The minimum Gasteiger partial charge on any atom is -0.313 e. The van der Waals surface area contributed by atoms with Crippen LogP contribution in [0.4, 0.5) is 0 Å². The number of hydrogen-bond donors (Lipinski definition) is 2. The van der Waals surface area contributed by atoms with E-state index < -0.39 is 10.0 Å². The normalized spacial score (nSPS) is 25.6. The fourth-order valence-corrected chi connectivity index (χ4v) is 4.08. The maximum absolute atomic E-state index is 11.8. The van der Waals surface area contributed by atoms with E-state index in [0.717, 1.165) is 19.3 Å². The molecule has 102 valence electrons. The van der Waals surface area contributed by atoms with Crippen LogP contribution in [0.15, 0.2) is 0 Å². The van der Waals surface area contributed by atoms with Gasteiger partial charge in [-0.15, -0.1) is 0 Å². The second-order valence-corrected chi connectivity index (χ2v) is 7.92. The number of thioether (sulfide) groups is 1. The third-order valence-electron chi connectivity index (χ3n) is 2.99. The van der Waals surface area contributed by atoms with E-state index >= 15 is 0 Å². The van der Waals surface area contributed by atoms with Crippen LogP contribution in [0.3, 0.4) is 0 Å². The Morgan fingerprint density at radius 2 is 2.06 bits per heavy atom. The Hall–Kier alpha value is 0.220. The summed E-state index contributed by atoms with van der Waals surface area (Å²) in [5.41, 5.74) is 0. The van der Waals surface area contributed by atoms with Gasteiger partial charge in [0.1, 0.15) is 0 Å². The van der Waals surface area contributed by atoms with Gasteiger partial charge in [-0.3, -0.25) is 0 Å². The van der Waals surface area contributed by atoms with Crippen molar-refractivity contribution < 1.29 is 8.42 Å². The summed E-state index contributed by atoms with van der Waals surface area (Å²) in [6.45, 7) is 4.55. The summed E-state index contributed by atoms with van der Waals surface area (Å²) in [5, 5.41) is 3.74. The Labute approximate surface area is 109 Å². The van der Waals surface area contributed by atoms with Crippen molar-refractivity contribution in [3.63, 3.8) is 0 Å². The quantitative estimate of drug-likeness (QED) is 0.735. The van der Waals surface area contributed by atoms with Crippen LogP contribution in [0.25, 0.3) is 0 Å². The summed E-state index contributed by atoms with van der Waals surface area (Å²) in [6, 6.07) is 0.481. The van der Waals surface area contributed by atoms with E-state index in [-0.39, 0.29) is 11.8 Å². The highest BCUT2D eigenvalue weighted by atomic mass is 32.2. The molecule has 1 aliphatic rings. The molecule has 0 bridgehead atoms. The average Bonchev–Trinajstić information content (AvgIpc) is 2.63. The first-order chi connectivity index (χ1) is 7.93. The van der Waals surface area contributed by atoms with Crippen molar-refractivity contribution in [2.45, 2.75) is 50.4 Å². The van der Waals surface area contributed by atoms with Crippen molar-refractivity contribution in [3.8, 4) is 0 Å². The molecule has 2 unspecified atom stereocenters.